The summed E-state index contributed by atoms with van der Waals surface area (Å²) in [4.78, 5) is 8.46. The van der Waals surface area contributed by atoms with Crippen LogP contribution >= 0.6 is 11.6 Å². The average molecular weight is 304 g/mol. The van der Waals surface area contributed by atoms with E-state index in [9.17, 15) is 0 Å². The molecule has 0 aliphatic carbocycles. The van der Waals surface area contributed by atoms with Crippen molar-refractivity contribution in [1.29, 1.82) is 5.41 Å². The van der Waals surface area contributed by atoms with Crippen molar-refractivity contribution in [3.05, 3.63) is 52.3 Å². The van der Waals surface area contributed by atoms with Gasteiger partial charge in [0.1, 0.15) is 0 Å². The molecular weight excluding hydrogens is 286 g/mol. The van der Waals surface area contributed by atoms with Crippen LogP contribution in [0.15, 0.2) is 30.3 Å². The third kappa shape index (κ3) is 4.72. The quantitative estimate of drug-likeness (QED) is 0.600. The first-order chi connectivity index (χ1) is 10.0. The maximum Gasteiger partial charge on any atom is 0.229 e. The molecule has 1 aromatic heterocycles. The molecule has 2 aromatic rings. The molecule has 1 aromatic carbocycles. The van der Waals surface area contributed by atoms with Gasteiger partial charge in [0.05, 0.1) is 0 Å². The van der Waals surface area contributed by atoms with Crippen LogP contribution in [-0.2, 0) is 6.42 Å². The Bertz CT molecular complexity index is 621. The molecule has 0 bridgehead atoms. The van der Waals surface area contributed by atoms with Crippen molar-refractivity contribution in [3.8, 4) is 0 Å². The molecule has 0 fully saturated rings. The lowest BCUT2D eigenvalue weighted by atomic mass is 10.1. The van der Waals surface area contributed by atoms with Gasteiger partial charge in [-0.15, -0.1) is 0 Å². The second-order valence-electron chi connectivity index (χ2n) is 4.74. The Balaban J connectivity index is 1.84. The molecule has 0 saturated carbocycles. The largest absolute Gasteiger partial charge is 0.356 e. The summed E-state index contributed by atoms with van der Waals surface area (Å²) >= 11 is 6.09. The second-order valence-corrected chi connectivity index (χ2v) is 5.15. The highest BCUT2D eigenvalue weighted by Crippen LogP contribution is 2.14. The van der Waals surface area contributed by atoms with E-state index in [0.29, 0.717) is 12.5 Å². The van der Waals surface area contributed by atoms with Crippen molar-refractivity contribution in [2.45, 2.75) is 20.3 Å². The number of halogens is 1. The lowest BCUT2D eigenvalue weighted by molar-refractivity contribution is 0.857. The number of benzene rings is 1. The Morgan fingerprint density at radius 1 is 1.19 bits per heavy atom. The molecule has 1 heterocycles. The Morgan fingerprint density at radius 3 is 2.52 bits per heavy atom. The first-order valence-corrected chi connectivity index (χ1v) is 7.07. The Morgan fingerprint density at radius 2 is 1.86 bits per heavy atom. The van der Waals surface area contributed by atoms with E-state index in [2.05, 4.69) is 20.6 Å². The molecule has 6 heteroatoms. The number of hydrogen-bond acceptors (Lipinski definition) is 3. The van der Waals surface area contributed by atoms with Crippen LogP contribution in [0, 0.1) is 19.3 Å². The molecule has 5 nitrogen and oxygen atoms in total. The highest BCUT2D eigenvalue weighted by molar-refractivity contribution is 6.31. The topological polar surface area (TPSA) is 73.7 Å². The number of rotatable bonds is 4. The molecule has 110 valence electrons. The summed E-state index contributed by atoms with van der Waals surface area (Å²) in [6.07, 6.45) is 0.747. The molecule has 2 rings (SSSR count). The summed E-state index contributed by atoms with van der Waals surface area (Å²) in [7, 11) is 0. The fraction of sp³-hybridized carbons (Fsp3) is 0.267. The van der Waals surface area contributed by atoms with E-state index in [1.165, 1.54) is 0 Å². The Labute approximate surface area is 129 Å². The summed E-state index contributed by atoms with van der Waals surface area (Å²) < 4.78 is 0. The van der Waals surface area contributed by atoms with Crippen LogP contribution in [0.4, 0.5) is 5.95 Å². The maximum atomic E-state index is 7.85. The van der Waals surface area contributed by atoms with Gasteiger partial charge < -0.3 is 5.32 Å². The van der Waals surface area contributed by atoms with Crippen LogP contribution in [-0.4, -0.2) is 22.5 Å². The highest BCUT2D eigenvalue weighted by Gasteiger charge is 2.03. The number of anilines is 1. The fourth-order valence-corrected chi connectivity index (χ4v) is 2.19. The fourth-order valence-electron chi connectivity index (χ4n) is 1.96. The minimum atomic E-state index is 0.173. The smallest absolute Gasteiger partial charge is 0.229 e. The molecule has 0 unspecified atom stereocenters. The third-order valence-corrected chi connectivity index (χ3v) is 3.24. The molecule has 0 spiro atoms. The number of nitrogens with zero attached hydrogens (tertiary/aromatic N) is 2. The Kier molecular flexibility index (Phi) is 5.11. The molecule has 0 aliphatic rings. The summed E-state index contributed by atoms with van der Waals surface area (Å²) in [5.74, 6) is 0.606. The van der Waals surface area contributed by atoms with Crippen LogP contribution < -0.4 is 10.6 Å². The van der Waals surface area contributed by atoms with Crippen molar-refractivity contribution < 1.29 is 0 Å². The van der Waals surface area contributed by atoms with Crippen LogP contribution in [0.25, 0.3) is 0 Å². The van der Waals surface area contributed by atoms with Gasteiger partial charge in [-0.3, -0.25) is 10.7 Å². The van der Waals surface area contributed by atoms with Crippen LogP contribution in [0.3, 0.4) is 0 Å². The van der Waals surface area contributed by atoms with Gasteiger partial charge in [-0.05, 0) is 38.0 Å². The van der Waals surface area contributed by atoms with Crippen molar-refractivity contribution in [2.24, 2.45) is 0 Å². The summed E-state index contributed by atoms with van der Waals surface area (Å²) in [6, 6.07) is 9.59. The van der Waals surface area contributed by atoms with E-state index in [1.54, 1.807) is 0 Å². The van der Waals surface area contributed by atoms with Gasteiger partial charge in [0.2, 0.25) is 5.95 Å². The molecular formula is C15H18ClN5. The minimum absolute atomic E-state index is 0.173. The van der Waals surface area contributed by atoms with Gasteiger partial charge >= 0.3 is 0 Å². The maximum absolute atomic E-state index is 7.85. The number of aromatic nitrogens is 2. The molecule has 21 heavy (non-hydrogen) atoms. The zero-order chi connectivity index (χ0) is 15.2. The zero-order valence-electron chi connectivity index (χ0n) is 12.1. The minimum Gasteiger partial charge on any atom is -0.356 e. The monoisotopic (exact) mass is 303 g/mol. The van der Waals surface area contributed by atoms with Gasteiger partial charge in [0.15, 0.2) is 5.96 Å². The SMILES string of the molecule is Cc1cc(C)nc(NC(=N)NCCc2ccccc2Cl)n1. The number of guanidine groups is 1. The van der Waals surface area contributed by atoms with Crippen molar-refractivity contribution in [2.75, 3.05) is 11.9 Å². The predicted octanol–water partition coefficient (Wildman–Crippen LogP) is 2.93. The molecule has 3 N–H and O–H groups in total. The number of nitrogens with one attached hydrogen (secondary N) is 3. The highest BCUT2D eigenvalue weighted by atomic mass is 35.5. The van der Waals surface area contributed by atoms with Gasteiger partial charge in [-0.25, -0.2) is 9.97 Å². The number of aryl methyl sites for hydroxylation is 2. The summed E-state index contributed by atoms with van der Waals surface area (Å²) in [6.45, 7) is 4.41. The predicted molar refractivity (Wildman–Crippen MR) is 86.0 cm³/mol. The van der Waals surface area contributed by atoms with Gasteiger partial charge in [0, 0.05) is 23.0 Å². The molecule has 0 saturated heterocycles. The average Bonchev–Trinajstić information content (AvgIpc) is 2.39. The zero-order valence-corrected chi connectivity index (χ0v) is 12.8. The molecule has 0 amide bonds. The van der Waals surface area contributed by atoms with Crippen molar-refractivity contribution in [3.63, 3.8) is 0 Å². The summed E-state index contributed by atoms with van der Waals surface area (Å²) in [5.41, 5.74) is 2.80. The molecule has 0 aliphatic heterocycles. The van der Waals surface area contributed by atoms with Gasteiger partial charge in [0.25, 0.3) is 0 Å². The van der Waals surface area contributed by atoms with E-state index >= 15 is 0 Å². The normalized spacial score (nSPS) is 10.2. The van der Waals surface area contributed by atoms with Crippen LogP contribution in [0.1, 0.15) is 17.0 Å². The van der Waals surface area contributed by atoms with E-state index in [-0.39, 0.29) is 5.96 Å². The van der Waals surface area contributed by atoms with E-state index < -0.39 is 0 Å². The third-order valence-electron chi connectivity index (χ3n) is 2.87. The summed E-state index contributed by atoms with van der Waals surface area (Å²) in [5, 5.41) is 14.4. The lowest BCUT2D eigenvalue weighted by Crippen LogP contribution is -2.32. The van der Waals surface area contributed by atoms with Crippen LogP contribution in [0.2, 0.25) is 5.02 Å². The lowest BCUT2D eigenvalue weighted by Gasteiger charge is -2.10. The van der Waals surface area contributed by atoms with Gasteiger partial charge in [-0.2, -0.15) is 0 Å². The van der Waals surface area contributed by atoms with E-state index in [0.717, 1.165) is 28.4 Å². The second kappa shape index (κ2) is 7.04. The van der Waals surface area contributed by atoms with E-state index in [4.69, 9.17) is 17.0 Å². The van der Waals surface area contributed by atoms with Crippen molar-refractivity contribution in [1.82, 2.24) is 15.3 Å². The first-order valence-electron chi connectivity index (χ1n) is 6.70. The molecule has 0 atom stereocenters. The first kappa shape index (κ1) is 15.3. The Hall–Kier alpha value is -2.14. The van der Waals surface area contributed by atoms with E-state index in [1.807, 2.05) is 44.2 Å². The number of hydrogen-bond donors (Lipinski definition) is 3. The van der Waals surface area contributed by atoms with Gasteiger partial charge in [-0.1, -0.05) is 29.8 Å². The standard InChI is InChI=1S/C15H18ClN5/c1-10-9-11(2)20-15(19-10)21-14(17)18-8-7-12-5-3-4-6-13(12)16/h3-6,9H,7-8H2,1-2H3,(H3,17,18,19,20,21). The van der Waals surface area contributed by atoms with Crippen molar-refractivity contribution >= 4 is 23.5 Å². The van der Waals surface area contributed by atoms with Crippen LogP contribution in [0.5, 0.6) is 0 Å². The molecule has 0 radical (unpaired) electrons.